The lowest BCUT2D eigenvalue weighted by Crippen LogP contribution is -2.52. The molecule has 0 saturated carbocycles. The monoisotopic (exact) mass is 561 g/mol. The van der Waals surface area contributed by atoms with Crippen LogP contribution in [0.2, 0.25) is 0 Å². The number of carbonyl (C=O) groups excluding carboxylic acids is 2. The van der Waals surface area contributed by atoms with Crippen LogP contribution in [0.5, 0.6) is 5.75 Å². The number of nitrogens with one attached hydrogen (secondary N) is 3. The minimum Gasteiger partial charge on any atom is -0.508 e. The number of aryl methyl sites for hydroxylation is 2. The minimum atomic E-state index is -0.725. The molecule has 0 spiro atoms. The molecule has 3 atom stereocenters. The quantitative estimate of drug-likeness (QED) is 0.240. The summed E-state index contributed by atoms with van der Waals surface area (Å²) in [7, 11) is 0. The molecule has 3 aromatic rings. The number of anilines is 1. The van der Waals surface area contributed by atoms with Gasteiger partial charge in [-0.25, -0.2) is 4.98 Å². The summed E-state index contributed by atoms with van der Waals surface area (Å²) in [4.78, 5) is 30.2. The van der Waals surface area contributed by atoms with E-state index in [9.17, 15) is 14.7 Å². The van der Waals surface area contributed by atoms with E-state index in [4.69, 9.17) is 5.73 Å². The number of halogens is 2. The van der Waals surface area contributed by atoms with E-state index in [2.05, 4.69) is 20.9 Å². The maximum absolute atomic E-state index is 13.3. The summed E-state index contributed by atoms with van der Waals surface area (Å²) in [6.45, 7) is 5.73. The Bertz CT molecular complexity index is 1180. The van der Waals surface area contributed by atoms with E-state index in [1.165, 1.54) is 0 Å². The summed E-state index contributed by atoms with van der Waals surface area (Å²) in [6, 6.07) is 19.0. The lowest BCUT2D eigenvalue weighted by molar-refractivity contribution is -0.129. The van der Waals surface area contributed by atoms with Crippen LogP contribution in [0.1, 0.15) is 48.7 Å². The predicted molar refractivity (Wildman–Crippen MR) is 156 cm³/mol. The van der Waals surface area contributed by atoms with Gasteiger partial charge in [0.2, 0.25) is 11.8 Å². The van der Waals surface area contributed by atoms with Crippen molar-refractivity contribution in [2.75, 3.05) is 5.73 Å². The molecule has 0 saturated heterocycles. The SMILES string of the molecule is Cc1nc(N)ccc1CNC(=O)C(C)NC(=O)C(CCc1ccccc1)NC(C)c1cccc(O)c1.Cl.Cl. The molecule has 0 bridgehead atoms. The largest absolute Gasteiger partial charge is 0.508 e. The highest BCUT2D eigenvalue weighted by atomic mass is 35.5. The fourth-order valence-electron chi connectivity index (χ4n) is 3.95. The second-order valence-corrected chi connectivity index (χ2v) is 8.99. The number of amides is 2. The molecule has 2 aromatic carbocycles. The molecule has 0 aliphatic heterocycles. The summed E-state index contributed by atoms with van der Waals surface area (Å²) in [6.07, 6.45) is 1.24. The van der Waals surface area contributed by atoms with E-state index < -0.39 is 12.1 Å². The van der Waals surface area contributed by atoms with E-state index in [0.29, 0.717) is 25.2 Å². The molecule has 8 nitrogen and oxygen atoms in total. The number of nitrogens with zero attached hydrogens (tertiary/aromatic N) is 1. The van der Waals surface area contributed by atoms with Gasteiger partial charge in [0.1, 0.15) is 17.6 Å². The van der Waals surface area contributed by atoms with Crippen molar-refractivity contribution < 1.29 is 14.7 Å². The average molecular weight is 563 g/mol. The second kappa shape index (κ2) is 15.8. The number of nitrogens with two attached hydrogens (primary N) is 1. The Balaban J connectivity index is 0.00000361. The van der Waals surface area contributed by atoms with Crippen LogP contribution in [0.25, 0.3) is 0 Å². The van der Waals surface area contributed by atoms with Crippen LogP contribution in [-0.4, -0.2) is 34.0 Å². The molecule has 3 rings (SSSR count). The second-order valence-electron chi connectivity index (χ2n) is 8.99. The third-order valence-electron chi connectivity index (χ3n) is 6.12. The number of hydrogen-bond acceptors (Lipinski definition) is 6. The number of benzene rings is 2. The summed E-state index contributed by atoms with van der Waals surface area (Å²) < 4.78 is 0. The van der Waals surface area contributed by atoms with Crippen molar-refractivity contribution in [3.05, 3.63) is 89.1 Å². The number of rotatable bonds is 11. The summed E-state index contributed by atoms with van der Waals surface area (Å²) in [5, 5.41) is 18.9. The Labute approximate surface area is 236 Å². The zero-order valence-electron chi connectivity index (χ0n) is 21.8. The molecular weight excluding hydrogens is 525 g/mol. The number of hydrogen-bond donors (Lipinski definition) is 5. The van der Waals surface area contributed by atoms with Crippen LogP contribution in [-0.2, 0) is 22.6 Å². The molecule has 0 radical (unpaired) electrons. The molecule has 10 heteroatoms. The van der Waals surface area contributed by atoms with Gasteiger partial charge in [-0.3, -0.25) is 14.9 Å². The topological polar surface area (TPSA) is 129 Å². The van der Waals surface area contributed by atoms with Gasteiger partial charge in [-0.15, -0.1) is 24.8 Å². The highest BCUT2D eigenvalue weighted by molar-refractivity contribution is 5.89. The highest BCUT2D eigenvalue weighted by Gasteiger charge is 2.24. The fourth-order valence-corrected chi connectivity index (χ4v) is 3.95. The fraction of sp³-hybridized carbons (Fsp3) is 0.321. The van der Waals surface area contributed by atoms with Crippen molar-refractivity contribution in [2.24, 2.45) is 0 Å². The molecule has 0 aliphatic carbocycles. The standard InChI is InChI=1S/C28H35N5O3.2ClH/c1-18(22-10-7-11-24(34)16-22)31-25(14-12-21-8-5-4-6-9-21)28(36)33-20(3)27(35)30-17-23-13-15-26(29)32-19(23)2;;/h4-11,13,15-16,18,20,25,31,34H,12,14,17H2,1-3H3,(H2,29,32)(H,30,35)(H,33,36);2*1H. The number of phenols is 1. The average Bonchev–Trinajstić information content (AvgIpc) is 2.86. The summed E-state index contributed by atoms with van der Waals surface area (Å²) in [5.74, 6) is 0.0498. The highest BCUT2D eigenvalue weighted by Crippen LogP contribution is 2.19. The zero-order chi connectivity index (χ0) is 26.1. The Morgan fingerprint density at radius 2 is 1.68 bits per heavy atom. The number of aromatic hydroxyl groups is 1. The first-order valence-corrected chi connectivity index (χ1v) is 12.1. The third kappa shape index (κ3) is 9.85. The molecule has 0 fully saturated rings. The molecule has 3 unspecified atom stereocenters. The van der Waals surface area contributed by atoms with E-state index in [1.807, 2.05) is 56.3 Å². The van der Waals surface area contributed by atoms with Gasteiger partial charge < -0.3 is 21.5 Å². The Hall–Kier alpha value is -3.33. The molecule has 6 N–H and O–H groups in total. The van der Waals surface area contributed by atoms with Gasteiger partial charge in [0.15, 0.2) is 0 Å². The molecule has 1 heterocycles. The zero-order valence-corrected chi connectivity index (χ0v) is 23.4. The van der Waals surface area contributed by atoms with E-state index >= 15 is 0 Å². The van der Waals surface area contributed by atoms with Gasteiger partial charge in [-0.2, -0.15) is 0 Å². The van der Waals surface area contributed by atoms with Crippen molar-refractivity contribution >= 4 is 42.4 Å². The van der Waals surface area contributed by atoms with Crippen molar-refractivity contribution in [1.29, 1.82) is 0 Å². The van der Waals surface area contributed by atoms with Crippen LogP contribution in [0.3, 0.4) is 0 Å². The number of phenolic OH excluding ortho intramolecular Hbond substituents is 1. The van der Waals surface area contributed by atoms with E-state index in [0.717, 1.165) is 22.4 Å². The van der Waals surface area contributed by atoms with Gasteiger partial charge in [-0.05, 0) is 68.5 Å². The number of carbonyl (C=O) groups is 2. The van der Waals surface area contributed by atoms with Crippen LogP contribution in [0, 0.1) is 6.92 Å². The first-order chi connectivity index (χ1) is 17.2. The first kappa shape index (κ1) is 32.7. The van der Waals surface area contributed by atoms with E-state index in [1.54, 1.807) is 31.2 Å². The number of pyridine rings is 1. The number of nitrogen functional groups attached to an aromatic ring is 1. The molecule has 1 aromatic heterocycles. The Morgan fingerprint density at radius 3 is 2.34 bits per heavy atom. The first-order valence-electron chi connectivity index (χ1n) is 12.1. The smallest absolute Gasteiger partial charge is 0.242 e. The van der Waals surface area contributed by atoms with Crippen LogP contribution >= 0.6 is 24.8 Å². The number of aromatic nitrogens is 1. The van der Waals surface area contributed by atoms with Gasteiger partial charge in [0, 0.05) is 18.3 Å². The van der Waals surface area contributed by atoms with Gasteiger partial charge in [0.25, 0.3) is 0 Å². The van der Waals surface area contributed by atoms with Crippen LogP contribution in [0.15, 0.2) is 66.7 Å². The van der Waals surface area contributed by atoms with Gasteiger partial charge >= 0.3 is 0 Å². The third-order valence-corrected chi connectivity index (χ3v) is 6.12. The normalized spacial score (nSPS) is 12.7. The molecule has 0 aliphatic rings. The van der Waals surface area contributed by atoms with E-state index in [-0.39, 0.29) is 48.4 Å². The molecule has 38 heavy (non-hydrogen) atoms. The molecule has 206 valence electrons. The summed E-state index contributed by atoms with van der Waals surface area (Å²) in [5.41, 5.74) is 9.29. The van der Waals surface area contributed by atoms with Gasteiger partial charge in [-0.1, -0.05) is 48.5 Å². The lowest BCUT2D eigenvalue weighted by atomic mass is 10.0. The maximum atomic E-state index is 13.3. The van der Waals surface area contributed by atoms with Crippen LogP contribution in [0.4, 0.5) is 5.82 Å². The predicted octanol–water partition coefficient (Wildman–Crippen LogP) is 3.99. The van der Waals surface area contributed by atoms with Crippen molar-refractivity contribution in [3.8, 4) is 5.75 Å². The molecule has 2 amide bonds. The lowest BCUT2D eigenvalue weighted by Gasteiger charge is -2.25. The Morgan fingerprint density at radius 1 is 0.974 bits per heavy atom. The maximum Gasteiger partial charge on any atom is 0.242 e. The van der Waals surface area contributed by atoms with Crippen LogP contribution < -0.4 is 21.7 Å². The summed E-state index contributed by atoms with van der Waals surface area (Å²) >= 11 is 0. The minimum absolute atomic E-state index is 0. The van der Waals surface area contributed by atoms with Crippen molar-refractivity contribution in [1.82, 2.24) is 20.9 Å². The van der Waals surface area contributed by atoms with Gasteiger partial charge in [0.05, 0.1) is 6.04 Å². The molecular formula is C28H37Cl2N5O3. The van der Waals surface area contributed by atoms with Crippen molar-refractivity contribution in [3.63, 3.8) is 0 Å². The van der Waals surface area contributed by atoms with Crippen molar-refractivity contribution in [2.45, 2.75) is 58.3 Å². The Kier molecular flexibility index (Phi) is 13.6.